The Morgan fingerprint density at radius 3 is 2.61 bits per heavy atom. The van der Waals surface area contributed by atoms with Crippen LogP contribution in [0.25, 0.3) is 0 Å². The highest BCUT2D eigenvalue weighted by Crippen LogP contribution is 2.22. The normalized spacial score (nSPS) is 12.7. The van der Waals surface area contributed by atoms with Crippen LogP contribution in [0.1, 0.15) is 12.5 Å². The Hall–Kier alpha value is -1.62. The first-order valence-corrected chi connectivity index (χ1v) is 6.59. The summed E-state index contributed by atoms with van der Waals surface area (Å²) in [6.07, 6.45) is 0. The molecule has 0 aliphatic carbocycles. The van der Waals surface area contributed by atoms with Gasteiger partial charge in [0.05, 0.1) is 16.7 Å². The molecule has 1 rings (SSSR count). The van der Waals surface area contributed by atoms with Gasteiger partial charge >= 0.3 is 5.97 Å². The van der Waals surface area contributed by atoms with Crippen molar-refractivity contribution in [3.8, 4) is 6.07 Å². The second-order valence-corrected chi connectivity index (χ2v) is 5.53. The maximum atomic E-state index is 11.8. The zero-order chi connectivity index (χ0) is 13.9. The van der Waals surface area contributed by atoms with Gasteiger partial charge in [0.1, 0.15) is 10.9 Å². The number of rotatable bonds is 4. The predicted octanol–water partition coefficient (Wildman–Crippen LogP) is 0.963. The van der Waals surface area contributed by atoms with Gasteiger partial charge in [-0.15, -0.1) is 0 Å². The first-order chi connectivity index (χ1) is 8.27. The van der Waals surface area contributed by atoms with Gasteiger partial charge in [-0.05, 0) is 25.1 Å². The minimum absolute atomic E-state index is 0.140. The van der Waals surface area contributed by atoms with Gasteiger partial charge in [0, 0.05) is 0 Å². The Balaban J connectivity index is 3.14. The molecule has 18 heavy (non-hydrogen) atoms. The molecule has 0 radical (unpaired) electrons. The molecule has 0 spiro atoms. The molecule has 8 heteroatoms. The number of hydrogen-bond donors (Lipinski definition) is 2. The lowest BCUT2D eigenvalue weighted by Gasteiger charge is -2.11. The van der Waals surface area contributed by atoms with Crippen molar-refractivity contribution in [1.82, 2.24) is 4.72 Å². The van der Waals surface area contributed by atoms with E-state index < -0.39 is 22.0 Å². The second-order valence-electron chi connectivity index (χ2n) is 3.44. The number of nitrogens with zero attached hydrogens (tertiary/aromatic N) is 1. The van der Waals surface area contributed by atoms with Crippen LogP contribution in [-0.4, -0.2) is 25.5 Å². The summed E-state index contributed by atoms with van der Waals surface area (Å²) in [6.45, 7) is 1.19. The largest absolute Gasteiger partial charge is 0.480 e. The highest BCUT2D eigenvalue weighted by Gasteiger charge is 2.23. The van der Waals surface area contributed by atoms with Gasteiger partial charge in [0.2, 0.25) is 10.0 Å². The molecule has 1 aromatic rings. The van der Waals surface area contributed by atoms with E-state index in [-0.39, 0.29) is 15.5 Å². The van der Waals surface area contributed by atoms with E-state index in [2.05, 4.69) is 0 Å². The number of nitrogens with one attached hydrogen (secondary N) is 1. The molecule has 96 valence electrons. The van der Waals surface area contributed by atoms with Crippen molar-refractivity contribution < 1.29 is 18.3 Å². The molecule has 0 bridgehead atoms. The molecule has 0 aromatic heterocycles. The van der Waals surface area contributed by atoms with E-state index in [0.717, 1.165) is 6.07 Å². The Labute approximate surface area is 109 Å². The quantitative estimate of drug-likeness (QED) is 0.858. The molecule has 0 heterocycles. The monoisotopic (exact) mass is 288 g/mol. The summed E-state index contributed by atoms with van der Waals surface area (Å²) in [5.74, 6) is -1.30. The minimum Gasteiger partial charge on any atom is -0.480 e. The Bertz CT molecular complexity index is 621. The lowest BCUT2D eigenvalue weighted by Crippen LogP contribution is -2.38. The van der Waals surface area contributed by atoms with E-state index >= 15 is 0 Å². The third-order valence-corrected chi connectivity index (χ3v) is 4.08. The molecule has 0 aliphatic rings. The van der Waals surface area contributed by atoms with Crippen molar-refractivity contribution in [2.24, 2.45) is 0 Å². The first-order valence-electron chi connectivity index (χ1n) is 4.72. The number of carboxylic acid groups (broad SMARTS) is 1. The number of carbonyl (C=O) groups is 1. The number of benzene rings is 1. The van der Waals surface area contributed by atoms with Crippen molar-refractivity contribution >= 4 is 27.6 Å². The van der Waals surface area contributed by atoms with Gasteiger partial charge in [-0.2, -0.15) is 9.98 Å². The van der Waals surface area contributed by atoms with Crippen LogP contribution in [0.4, 0.5) is 0 Å². The van der Waals surface area contributed by atoms with Crippen LogP contribution in [0.2, 0.25) is 5.02 Å². The molecule has 1 aromatic carbocycles. The molecule has 0 amide bonds. The third kappa shape index (κ3) is 3.20. The average Bonchev–Trinajstić information content (AvgIpc) is 2.27. The van der Waals surface area contributed by atoms with Crippen molar-refractivity contribution in [2.75, 3.05) is 0 Å². The molecule has 1 unspecified atom stereocenters. The van der Waals surface area contributed by atoms with Gasteiger partial charge in [0.25, 0.3) is 0 Å². The van der Waals surface area contributed by atoms with E-state index in [9.17, 15) is 13.2 Å². The summed E-state index contributed by atoms with van der Waals surface area (Å²) in [5, 5.41) is 17.1. The molecule has 1 atom stereocenters. The van der Waals surface area contributed by atoms with Gasteiger partial charge in [-0.1, -0.05) is 11.6 Å². The summed E-state index contributed by atoms with van der Waals surface area (Å²) >= 11 is 5.74. The van der Waals surface area contributed by atoms with Gasteiger partial charge in [0.15, 0.2) is 0 Å². The summed E-state index contributed by atoms with van der Waals surface area (Å²) < 4.78 is 25.6. The minimum atomic E-state index is -4.03. The van der Waals surface area contributed by atoms with Crippen molar-refractivity contribution in [2.45, 2.75) is 17.9 Å². The second kappa shape index (κ2) is 5.35. The smallest absolute Gasteiger partial charge is 0.321 e. The summed E-state index contributed by atoms with van der Waals surface area (Å²) in [6, 6.07) is 4.17. The molecular weight excluding hydrogens is 280 g/mol. The number of carboxylic acids is 1. The van der Waals surface area contributed by atoms with Crippen molar-refractivity contribution in [3.05, 3.63) is 28.8 Å². The van der Waals surface area contributed by atoms with Crippen molar-refractivity contribution in [3.63, 3.8) is 0 Å². The van der Waals surface area contributed by atoms with E-state index in [4.69, 9.17) is 22.0 Å². The molecule has 0 saturated carbocycles. The van der Waals surface area contributed by atoms with Crippen LogP contribution in [0.3, 0.4) is 0 Å². The summed E-state index contributed by atoms with van der Waals surface area (Å²) in [5.41, 5.74) is 0.213. The number of aliphatic carboxylic acids is 1. The van der Waals surface area contributed by atoms with E-state index in [1.165, 1.54) is 19.1 Å². The van der Waals surface area contributed by atoms with E-state index in [1.807, 2.05) is 10.8 Å². The number of nitriles is 1. The molecule has 6 nitrogen and oxygen atoms in total. The van der Waals surface area contributed by atoms with Crippen LogP contribution in [-0.2, 0) is 14.8 Å². The van der Waals surface area contributed by atoms with E-state index in [0.29, 0.717) is 0 Å². The average molecular weight is 289 g/mol. The van der Waals surface area contributed by atoms with Crippen LogP contribution < -0.4 is 4.72 Å². The number of hydrogen-bond acceptors (Lipinski definition) is 4. The molecule has 0 fully saturated rings. The van der Waals surface area contributed by atoms with Gasteiger partial charge in [-0.3, -0.25) is 4.79 Å². The molecule has 2 N–H and O–H groups in total. The van der Waals surface area contributed by atoms with Gasteiger partial charge in [-0.25, -0.2) is 8.42 Å². The number of halogens is 1. The Morgan fingerprint density at radius 2 is 2.17 bits per heavy atom. The van der Waals surface area contributed by atoms with Crippen LogP contribution >= 0.6 is 11.6 Å². The zero-order valence-electron chi connectivity index (χ0n) is 9.21. The van der Waals surface area contributed by atoms with Crippen LogP contribution in [0.15, 0.2) is 23.1 Å². The highest BCUT2D eigenvalue weighted by molar-refractivity contribution is 7.89. The molecule has 0 saturated heterocycles. The molecule has 0 aliphatic heterocycles. The number of sulfonamides is 1. The van der Waals surface area contributed by atoms with E-state index in [1.54, 1.807) is 0 Å². The fourth-order valence-corrected chi connectivity index (χ4v) is 2.88. The predicted molar refractivity (Wildman–Crippen MR) is 63.6 cm³/mol. The Morgan fingerprint density at radius 1 is 1.56 bits per heavy atom. The lowest BCUT2D eigenvalue weighted by atomic mass is 10.2. The van der Waals surface area contributed by atoms with Crippen LogP contribution in [0, 0.1) is 11.3 Å². The van der Waals surface area contributed by atoms with Crippen LogP contribution in [0.5, 0.6) is 0 Å². The molecular formula is C10H9ClN2O4S. The standard InChI is InChI=1S/C10H9ClN2O4S/c1-6(10(14)15)13-18(16,17)9-3-2-7(5-12)4-8(9)11/h2-4,6,13H,1H3,(H,14,15). The first kappa shape index (κ1) is 14.4. The summed E-state index contributed by atoms with van der Waals surface area (Å²) in [4.78, 5) is 10.3. The maximum absolute atomic E-state index is 11.8. The SMILES string of the molecule is CC(NS(=O)(=O)c1ccc(C#N)cc1Cl)C(=O)O. The zero-order valence-corrected chi connectivity index (χ0v) is 10.8. The third-order valence-electron chi connectivity index (χ3n) is 2.05. The van der Waals surface area contributed by atoms with Gasteiger partial charge < -0.3 is 5.11 Å². The summed E-state index contributed by atoms with van der Waals surface area (Å²) in [7, 11) is -4.03. The fourth-order valence-electron chi connectivity index (χ4n) is 1.13. The Kier molecular flexibility index (Phi) is 4.29. The highest BCUT2D eigenvalue weighted by atomic mass is 35.5. The lowest BCUT2D eigenvalue weighted by molar-refractivity contribution is -0.138. The maximum Gasteiger partial charge on any atom is 0.321 e. The fraction of sp³-hybridized carbons (Fsp3) is 0.200. The van der Waals surface area contributed by atoms with Crippen molar-refractivity contribution in [1.29, 1.82) is 5.26 Å². The topological polar surface area (TPSA) is 107 Å².